The highest BCUT2D eigenvalue weighted by molar-refractivity contribution is 5.97. The lowest BCUT2D eigenvalue weighted by atomic mass is 9.83. The van der Waals surface area contributed by atoms with Gasteiger partial charge in [0.2, 0.25) is 11.8 Å². The first-order valence-corrected chi connectivity index (χ1v) is 7.15. The van der Waals surface area contributed by atoms with Crippen LogP contribution in [0.5, 0.6) is 0 Å². The first-order valence-electron chi connectivity index (χ1n) is 7.15. The van der Waals surface area contributed by atoms with Crippen molar-refractivity contribution in [3.63, 3.8) is 0 Å². The van der Waals surface area contributed by atoms with Crippen LogP contribution in [0.3, 0.4) is 0 Å². The van der Waals surface area contributed by atoms with E-state index in [1.807, 2.05) is 25.7 Å². The molecule has 0 radical (unpaired) electrons. The Bertz CT molecular complexity index is 337. The summed E-state index contributed by atoms with van der Waals surface area (Å²) < 4.78 is 0. The van der Waals surface area contributed by atoms with Gasteiger partial charge in [-0.1, -0.05) is 27.2 Å². The zero-order chi connectivity index (χ0) is 13.3. The number of carbonyl (C=O) groups excluding carboxylic acids is 2. The van der Waals surface area contributed by atoms with Crippen molar-refractivity contribution >= 4 is 11.8 Å². The normalized spacial score (nSPS) is 29.4. The smallest absolute Gasteiger partial charge is 0.245 e. The number of carbonyl (C=O) groups is 2. The Kier molecular flexibility index (Phi) is 3.93. The lowest BCUT2D eigenvalue weighted by molar-refractivity contribution is -0.152. The van der Waals surface area contributed by atoms with Gasteiger partial charge in [-0.15, -0.1) is 0 Å². The van der Waals surface area contributed by atoms with E-state index >= 15 is 0 Å². The van der Waals surface area contributed by atoms with E-state index < -0.39 is 0 Å². The van der Waals surface area contributed by atoms with Gasteiger partial charge in [0.1, 0.15) is 12.1 Å². The van der Waals surface area contributed by atoms with Crippen LogP contribution in [0.25, 0.3) is 0 Å². The van der Waals surface area contributed by atoms with E-state index in [2.05, 4.69) is 5.32 Å². The molecule has 18 heavy (non-hydrogen) atoms. The first-order chi connectivity index (χ1) is 8.54. The molecule has 0 aromatic heterocycles. The Labute approximate surface area is 109 Å². The third kappa shape index (κ3) is 2.38. The van der Waals surface area contributed by atoms with Crippen molar-refractivity contribution in [3.8, 4) is 0 Å². The molecule has 1 saturated heterocycles. The minimum absolute atomic E-state index is 0.0239. The molecule has 2 atom stereocenters. The van der Waals surface area contributed by atoms with Crippen LogP contribution in [0.4, 0.5) is 0 Å². The topological polar surface area (TPSA) is 49.4 Å². The molecule has 102 valence electrons. The summed E-state index contributed by atoms with van der Waals surface area (Å²) in [6.07, 6.45) is 4.35. The molecule has 1 heterocycles. The van der Waals surface area contributed by atoms with Gasteiger partial charge in [0.15, 0.2) is 0 Å². The molecule has 0 bridgehead atoms. The Morgan fingerprint density at radius 3 is 2.44 bits per heavy atom. The number of nitrogens with one attached hydrogen (secondary N) is 1. The highest BCUT2D eigenvalue weighted by Gasteiger charge is 2.42. The average molecular weight is 252 g/mol. The quantitative estimate of drug-likeness (QED) is 0.825. The zero-order valence-electron chi connectivity index (χ0n) is 11.6. The number of piperazine rings is 1. The van der Waals surface area contributed by atoms with Crippen LogP contribution in [0.2, 0.25) is 0 Å². The molecule has 1 N–H and O–H groups in total. The van der Waals surface area contributed by atoms with Gasteiger partial charge in [-0.3, -0.25) is 9.59 Å². The fourth-order valence-electron chi connectivity index (χ4n) is 2.89. The minimum atomic E-state index is -0.312. The average Bonchev–Trinajstić information content (AvgIpc) is 2.26. The SMILES string of the molecule is CCC1NC(=O)C(C(C)C)N(CC2CCC2)C1=O. The van der Waals surface area contributed by atoms with Crippen molar-refractivity contribution in [2.24, 2.45) is 11.8 Å². The van der Waals surface area contributed by atoms with E-state index in [9.17, 15) is 9.59 Å². The molecular weight excluding hydrogens is 228 g/mol. The lowest BCUT2D eigenvalue weighted by Gasteiger charge is -2.43. The van der Waals surface area contributed by atoms with Crippen LogP contribution in [-0.2, 0) is 9.59 Å². The van der Waals surface area contributed by atoms with Gasteiger partial charge in [0.05, 0.1) is 0 Å². The summed E-state index contributed by atoms with van der Waals surface area (Å²) in [6, 6.07) is -0.589. The molecule has 4 nitrogen and oxygen atoms in total. The fraction of sp³-hybridized carbons (Fsp3) is 0.857. The van der Waals surface area contributed by atoms with Crippen molar-refractivity contribution in [1.82, 2.24) is 10.2 Å². The van der Waals surface area contributed by atoms with Gasteiger partial charge in [-0.05, 0) is 31.1 Å². The lowest BCUT2D eigenvalue weighted by Crippen LogP contribution is -2.65. The maximum atomic E-state index is 12.4. The molecule has 0 aromatic rings. The second kappa shape index (κ2) is 5.29. The van der Waals surface area contributed by atoms with Gasteiger partial charge < -0.3 is 10.2 Å². The van der Waals surface area contributed by atoms with E-state index in [1.165, 1.54) is 19.3 Å². The van der Waals surface area contributed by atoms with Gasteiger partial charge >= 0.3 is 0 Å². The number of rotatable bonds is 4. The molecule has 2 aliphatic rings. The van der Waals surface area contributed by atoms with E-state index in [1.54, 1.807) is 0 Å². The fourth-order valence-corrected chi connectivity index (χ4v) is 2.89. The maximum Gasteiger partial charge on any atom is 0.245 e. The zero-order valence-corrected chi connectivity index (χ0v) is 11.6. The predicted octanol–water partition coefficient (Wildman–Crippen LogP) is 1.55. The summed E-state index contributed by atoms with van der Waals surface area (Å²) in [5, 5.41) is 2.86. The van der Waals surface area contributed by atoms with E-state index in [4.69, 9.17) is 0 Å². The molecule has 1 saturated carbocycles. The summed E-state index contributed by atoms with van der Waals surface area (Å²) in [5.74, 6) is 0.920. The van der Waals surface area contributed by atoms with Crippen LogP contribution < -0.4 is 5.32 Å². The summed E-state index contributed by atoms with van der Waals surface area (Å²) >= 11 is 0. The van der Waals surface area contributed by atoms with Crippen molar-refractivity contribution in [3.05, 3.63) is 0 Å². The van der Waals surface area contributed by atoms with E-state index in [-0.39, 0.29) is 29.8 Å². The highest BCUT2D eigenvalue weighted by Crippen LogP contribution is 2.30. The number of nitrogens with zero attached hydrogens (tertiary/aromatic N) is 1. The van der Waals surface area contributed by atoms with Crippen LogP contribution in [0.1, 0.15) is 46.5 Å². The Morgan fingerprint density at radius 1 is 1.33 bits per heavy atom. The summed E-state index contributed by atoms with van der Waals surface area (Å²) in [4.78, 5) is 26.4. The molecule has 2 rings (SSSR count). The van der Waals surface area contributed by atoms with Gasteiger partial charge in [0.25, 0.3) is 0 Å². The highest BCUT2D eigenvalue weighted by atomic mass is 16.2. The molecule has 2 unspecified atom stereocenters. The van der Waals surface area contributed by atoms with Crippen LogP contribution in [0.15, 0.2) is 0 Å². The van der Waals surface area contributed by atoms with Crippen molar-refractivity contribution < 1.29 is 9.59 Å². The second-order valence-corrected chi connectivity index (χ2v) is 5.95. The number of hydrogen-bond acceptors (Lipinski definition) is 2. The summed E-state index contributed by atoms with van der Waals surface area (Å²) in [5.41, 5.74) is 0. The Balaban J connectivity index is 2.15. The molecule has 1 aliphatic heterocycles. The number of amides is 2. The minimum Gasteiger partial charge on any atom is -0.343 e. The third-order valence-electron chi connectivity index (χ3n) is 4.22. The van der Waals surface area contributed by atoms with Gasteiger partial charge in [-0.25, -0.2) is 0 Å². The maximum absolute atomic E-state index is 12.4. The Hall–Kier alpha value is -1.06. The standard InChI is InChI=1S/C14H24N2O2/c1-4-11-14(18)16(8-10-6-5-7-10)12(9(2)3)13(17)15-11/h9-12H,4-8H2,1-3H3,(H,15,17). The predicted molar refractivity (Wildman–Crippen MR) is 69.9 cm³/mol. The van der Waals surface area contributed by atoms with E-state index in [0.29, 0.717) is 12.3 Å². The monoisotopic (exact) mass is 252 g/mol. The van der Waals surface area contributed by atoms with E-state index in [0.717, 1.165) is 6.54 Å². The van der Waals surface area contributed by atoms with Crippen molar-refractivity contribution in [2.75, 3.05) is 6.54 Å². The molecule has 2 fully saturated rings. The van der Waals surface area contributed by atoms with Crippen LogP contribution >= 0.6 is 0 Å². The molecule has 1 aliphatic carbocycles. The summed E-state index contributed by atoms with van der Waals surface area (Å²) in [6.45, 7) is 6.74. The third-order valence-corrected chi connectivity index (χ3v) is 4.22. The van der Waals surface area contributed by atoms with Crippen LogP contribution in [0, 0.1) is 11.8 Å². The van der Waals surface area contributed by atoms with Gasteiger partial charge in [0, 0.05) is 6.54 Å². The molecular formula is C14H24N2O2. The van der Waals surface area contributed by atoms with Crippen LogP contribution in [-0.4, -0.2) is 35.3 Å². The molecule has 0 aromatic carbocycles. The largest absolute Gasteiger partial charge is 0.343 e. The van der Waals surface area contributed by atoms with Crippen molar-refractivity contribution in [2.45, 2.75) is 58.5 Å². The second-order valence-electron chi connectivity index (χ2n) is 5.95. The first kappa shape index (κ1) is 13.4. The molecule has 0 spiro atoms. The number of hydrogen-bond donors (Lipinski definition) is 1. The Morgan fingerprint density at radius 2 is 2.00 bits per heavy atom. The summed E-state index contributed by atoms with van der Waals surface area (Å²) in [7, 11) is 0. The van der Waals surface area contributed by atoms with Crippen molar-refractivity contribution in [1.29, 1.82) is 0 Å². The molecule has 2 amide bonds. The molecule has 4 heteroatoms. The van der Waals surface area contributed by atoms with Gasteiger partial charge in [-0.2, -0.15) is 0 Å².